The molecule has 2 aromatic rings. The number of hydrogen-bond acceptors (Lipinski definition) is 5. The molecule has 0 radical (unpaired) electrons. The highest BCUT2D eigenvalue weighted by Gasteiger charge is 2.50. The van der Waals surface area contributed by atoms with Crippen LogP contribution in [0.2, 0.25) is 5.02 Å². The van der Waals surface area contributed by atoms with Gasteiger partial charge in [0.15, 0.2) is 0 Å². The Morgan fingerprint density at radius 3 is 2.52 bits per heavy atom. The topological polar surface area (TPSA) is 96.0 Å². The second-order valence-electron chi connectivity index (χ2n) is 7.54. The van der Waals surface area contributed by atoms with E-state index >= 15 is 0 Å². The number of sulfonamides is 1. The number of hydrogen-bond donors (Lipinski definition) is 1. The van der Waals surface area contributed by atoms with Gasteiger partial charge in [0.2, 0.25) is 21.8 Å². The monoisotopic (exact) mass is 465 g/mol. The van der Waals surface area contributed by atoms with Gasteiger partial charge in [-0.15, -0.1) is 0 Å². The number of amides is 2. The first-order valence-electron chi connectivity index (χ1n) is 9.49. The lowest BCUT2D eigenvalue weighted by atomic mass is 9.94. The summed E-state index contributed by atoms with van der Waals surface area (Å²) in [5.41, 5.74) is -0.213. The van der Waals surface area contributed by atoms with Crippen LogP contribution < -0.4 is 15.0 Å². The van der Waals surface area contributed by atoms with Crippen LogP contribution in [-0.2, 0) is 26.2 Å². The van der Waals surface area contributed by atoms with E-state index in [-0.39, 0.29) is 19.6 Å². The van der Waals surface area contributed by atoms with Crippen LogP contribution in [0.25, 0.3) is 0 Å². The molecule has 1 unspecified atom stereocenters. The molecule has 1 atom stereocenters. The number of halogens is 1. The van der Waals surface area contributed by atoms with Gasteiger partial charge in [-0.3, -0.25) is 14.5 Å². The van der Waals surface area contributed by atoms with Gasteiger partial charge in [-0.25, -0.2) is 8.42 Å². The molecule has 10 heteroatoms. The Hall–Kier alpha value is -2.62. The maximum absolute atomic E-state index is 13.3. The first-order chi connectivity index (χ1) is 14.5. The second kappa shape index (κ2) is 8.86. The third-order valence-corrected chi connectivity index (χ3v) is 6.62. The molecule has 2 amide bonds. The van der Waals surface area contributed by atoms with Gasteiger partial charge >= 0.3 is 0 Å². The number of rotatable bonds is 6. The first kappa shape index (κ1) is 23.1. The van der Waals surface area contributed by atoms with Gasteiger partial charge in [0.25, 0.3) is 0 Å². The van der Waals surface area contributed by atoms with Crippen LogP contribution in [0.15, 0.2) is 48.5 Å². The van der Waals surface area contributed by atoms with Crippen molar-refractivity contribution in [3.8, 4) is 5.75 Å². The molecular formula is C21H24ClN3O5S. The quantitative estimate of drug-likeness (QED) is 0.704. The van der Waals surface area contributed by atoms with Crippen molar-refractivity contribution < 1.29 is 22.7 Å². The van der Waals surface area contributed by atoms with Crippen LogP contribution in [0.1, 0.15) is 12.5 Å². The molecule has 1 aliphatic rings. The van der Waals surface area contributed by atoms with E-state index in [1.807, 2.05) is 0 Å². The molecule has 1 fully saturated rings. The summed E-state index contributed by atoms with van der Waals surface area (Å²) >= 11 is 5.90. The number of benzene rings is 2. The predicted octanol–water partition coefficient (Wildman–Crippen LogP) is 2.03. The molecule has 1 aliphatic heterocycles. The lowest BCUT2D eigenvalue weighted by Gasteiger charge is -2.46. The molecule has 0 aromatic heterocycles. The summed E-state index contributed by atoms with van der Waals surface area (Å²) < 4.78 is 30.6. The number of ether oxygens (including phenoxy) is 1. The average molecular weight is 466 g/mol. The van der Waals surface area contributed by atoms with E-state index in [0.29, 0.717) is 16.5 Å². The Labute approximate surface area is 186 Å². The minimum Gasteiger partial charge on any atom is -0.497 e. The summed E-state index contributed by atoms with van der Waals surface area (Å²) in [4.78, 5) is 27.7. The van der Waals surface area contributed by atoms with Gasteiger partial charge in [-0.1, -0.05) is 29.8 Å². The van der Waals surface area contributed by atoms with E-state index in [2.05, 4.69) is 5.32 Å². The van der Waals surface area contributed by atoms with E-state index in [1.165, 1.54) is 12.0 Å². The van der Waals surface area contributed by atoms with Crippen LogP contribution in [0.5, 0.6) is 5.75 Å². The molecule has 31 heavy (non-hydrogen) atoms. The van der Waals surface area contributed by atoms with Gasteiger partial charge in [-0.05, 0) is 36.8 Å². The normalized spacial score (nSPS) is 19.9. The average Bonchev–Trinajstić information content (AvgIpc) is 2.72. The maximum atomic E-state index is 13.3. The van der Waals surface area contributed by atoms with Gasteiger partial charge in [-0.2, -0.15) is 4.31 Å². The van der Waals surface area contributed by atoms with Gasteiger partial charge in [0.1, 0.15) is 11.3 Å². The van der Waals surface area contributed by atoms with Crippen molar-refractivity contribution in [2.75, 3.05) is 31.4 Å². The molecule has 0 bridgehead atoms. The van der Waals surface area contributed by atoms with E-state index in [0.717, 1.165) is 16.1 Å². The van der Waals surface area contributed by atoms with E-state index in [4.69, 9.17) is 16.3 Å². The predicted molar refractivity (Wildman–Crippen MR) is 119 cm³/mol. The number of piperazine rings is 1. The summed E-state index contributed by atoms with van der Waals surface area (Å²) in [6.45, 7) is 1.22. The zero-order valence-electron chi connectivity index (χ0n) is 17.5. The number of nitrogens with one attached hydrogen (secondary N) is 1. The third kappa shape index (κ3) is 5.00. The minimum absolute atomic E-state index is 0.179. The van der Waals surface area contributed by atoms with E-state index in [1.54, 1.807) is 55.5 Å². The Bertz CT molecular complexity index is 1090. The van der Waals surface area contributed by atoms with Crippen molar-refractivity contribution in [2.45, 2.75) is 19.0 Å². The van der Waals surface area contributed by atoms with Gasteiger partial charge in [0, 0.05) is 29.9 Å². The smallest absolute Gasteiger partial charge is 0.247 e. The molecule has 8 nitrogen and oxygen atoms in total. The molecular weight excluding hydrogens is 442 g/mol. The Morgan fingerprint density at radius 2 is 1.90 bits per heavy atom. The van der Waals surface area contributed by atoms with Crippen LogP contribution in [0.4, 0.5) is 5.69 Å². The summed E-state index contributed by atoms with van der Waals surface area (Å²) in [7, 11) is -2.19. The highest BCUT2D eigenvalue weighted by molar-refractivity contribution is 7.88. The molecule has 0 aliphatic carbocycles. The third-order valence-electron chi connectivity index (χ3n) is 5.17. The Balaban J connectivity index is 1.96. The van der Waals surface area contributed by atoms with Crippen LogP contribution in [0.3, 0.4) is 0 Å². The molecule has 0 spiro atoms. The highest BCUT2D eigenvalue weighted by atomic mass is 35.5. The van der Waals surface area contributed by atoms with Gasteiger partial charge in [0.05, 0.1) is 19.9 Å². The zero-order chi connectivity index (χ0) is 22.8. The Morgan fingerprint density at radius 1 is 1.23 bits per heavy atom. The number of carbonyl (C=O) groups excluding carboxylic acids is 2. The van der Waals surface area contributed by atoms with E-state index < -0.39 is 27.4 Å². The van der Waals surface area contributed by atoms with Crippen LogP contribution in [-0.4, -0.2) is 56.5 Å². The zero-order valence-corrected chi connectivity index (χ0v) is 19.0. The Kier molecular flexibility index (Phi) is 6.59. The molecule has 3 rings (SSSR count). The molecule has 1 heterocycles. The number of anilines is 1. The fraction of sp³-hybridized carbons (Fsp3) is 0.333. The standard InChI is InChI=1S/C21H24ClN3O5S/c1-21(20(27)23-12-15-7-9-16(22)10-8-15)14-24(31(3,28)29)13-19(26)25(21)17-5-4-6-18(11-17)30-2/h4-11H,12-14H2,1-3H3,(H,23,27). The second-order valence-corrected chi connectivity index (χ2v) is 9.96. The SMILES string of the molecule is COc1cccc(N2C(=O)CN(S(C)(=O)=O)CC2(C)C(=O)NCc2ccc(Cl)cc2)c1. The summed E-state index contributed by atoms with van der Waals surface area (Å²) in [5.74, 6) is -0.471. The minimum atomic E-state index is -3.69. The van der Waals surface area contributed by atoms with Crippen molar-refractivity contribution in [1.82, 2.24) is 9.62 Å². The summed E-state index contributed by atoms with van der Waals surface area (Å²) in [5, 5.41) is 3.40. The molecule has 2 aromatic carbocycles. The molecule has 166 valence electrons. The van der Waals surface area contributed by atoms with Crippen molar-refractivity contribution in [3.05, 3.63) is 59.1 Å². The summed E-state index contributed by atoms with van der Waals surface area (Å²) in [6, 6.07) is 13.7. The van der Waals surface area contributed by atoms with Crippen molar-refractivity contribution >= 4 is 39.1 Å². The van der Waals surface area contributed by atoms with Crippen molar-refractivity contribution in [2.24, 2.45) is 0 Å². The molecule has 1 N–H and O–H groups in total. The largest absolute Gasteiger partial charge is 0.497 e. The highest BCUT2D eigenvalue weighted by Crippen LogP contribution is 2.32. The first-order valence-corrected chi connectivity index (χ1v) is 11.7. The molecule has 0 saturated carbocycles. The lowest BCUT2D eigenvalue weighted by Crippen LogP contribution is -2.70. The number of carbonyl (C=O) groups is 2. The van der Waals surface area contributed by atoms with Gasteiger partial charge < -0.3 is 10.1 Å². The van der Waals surface area contributed by atoms with E-state index in [9.17, 15) is 18.0 Å². The van der Waals surface area contributed by atoms with Crippen molar-refractivity contribution in [3.63, 3.8) is 0 Å². The molecule has 1 saturated heterocycles. The summed E-state index contributed by atoms with van der Waals surface area (Å²) in [6.07, 6.45) is 1.02. The van der Waals surface area contributed by atoms with Crippen LogP contribution in [0, 0.1) is 0 Å². The maximum Gasteiger partial charge on any atom is 0.247 e. The van der Waals surface area contributed by atoms with Crippen molar-refractivity contribution in [1.29, 1.82) is 0 Å². The lowest BCUT2D eigenvalue weighted by molar-refractivity contribution is -0.133. The fourth-order valence-corrected chi connectivity index (χ4v) is 4.49. The van der Waals surface area contributed by atoms with Crippen LogP contribution >= 0.6 is 11.6 Å². The number of methoxy groups -OCH3 is 1. The fourth-order valence-electron chi connectivity index (χ4n) is 3.53. The number of nitrogens with zero attached hydrogens (tertiary/aromatic N) is 2.